The number of aliphatic hydroxyl groups excluding tert-OH is 1. The highest BCUT2D eigenvalue weighted by Gasteiger charge is 2.48. The van der Waals surface area contributed by atoms with Crippen molar-refractivity contribution in [1.29, 1.82) is 0 Å². The summed E-state index contributed by atoms with van der Waals surface area (Å²) in [4.78, 5) is 27.6. The molecule has 1 fully saturated rings. The number of carbonyl (C=O) groups excluding carboxylic acids is 2. The molecule has 2 aromatic carbocycles. The van der Waals surface area contributed by atoms with Crippen LogP contribution >= 0.6 is 11.3 Å². The molecule has 0 unspecified atom stereocenters. The van der Waals surface area contributed by atoms with Crippen molar-refractivity contribution in [2.45, 2.75) is 26.3 Å². The number of amides is 1. The molecule has 1 aromatic heterocycles. The maximum Gasteiger partial charge on any atom is 0.301 e. The molecule has 1 atom stereocenters. The zero-order valence-corrected chi connectivity index (χ0v) is 18.9. The van der Waals surface area contributed by atoms with Gasteiger partial charge in [0, 0.05) is 5.56 Å². The average molecular weight is 464 g/mol. The molecule has 3 heterocycles. The van der Waals surface area contributed by atoms with Crippen LogP contribution in [0.2, 0.25) is 0 Å². The maximum atomic E-state index is 13.2. The first-order valence-electron chi connectivity index (χ1n) is 10.6. The van der Waals surface area contributed by atoms with Gasteiger partial charge in [-0.1, -0.05) is 42.5 Å². The van der Waals surface area contributed by atoms with E-state index in [0.717, 1.165) is 12.0 Å². The Bertz CT molecular complexity index is 1280. The van der Waals surface area contributed by atoms with Crippen molar-refractivity contribution < 1.29 is 24.2 Å². The van der Waals surface area contributed by atoms with E-state index in [-0.39, 0.29) is 11.3 Å². The molecule has 0 aliphatic carbocycles. The van der Waals surface area contributed by atoms with E-state index in [2.05, 4.69) is 10.2 Å². The molecule has 0 spiro atoms. The second-order valence-electron chi connectivity index (χ2n) is 7.73. The van der Waals surface area contributed by atoms with Gasteiger partial charge in [0.1, 0.15) is 24.0 Å². The predicted molar refractivity (Wildman–Crippen MR) is 123 cm³/mol. The normalized spacial score (nSPS) is 19.2. The van der Waals surface area contributed by atoms with Crippen LogP contribution in [-0.4, -0.2) is 40.2 Å². The van der Waals surface area contributed by atoms with Crippen LogP contribution in [0, 0.1) is 6.92 Å². The quantitative estimate of drug-likeness (QED) is 0.357. The molecule has 8 nitrogen and oxygen atoms in total. The minimum absolute atomic E-state index is 0.00576. The number of benzene rings is 2. The SMILES string of the molecule is CCc1ccc([C@@H]2/C(=C(\O)c3ccc4c(c3)OCCO4)C(=O)C(=O)N2c2nnc(C)s2)cc1. The van der Waals surface area contributed by atoms with Crippen LogP contribution in [0.3, 0.4) is 0 Å². The predicted octanol–water partition coefficient (Wildman–Crippen LogP) is 3.81. The largest absolute Gasteiger partial charge is 0.507 e. The summed E-state index contributed by atoms with van der Waals surface area (Å²) in [7, 11) is 0. The number of aliphatic hydroxyl groups is 1. The summed E-state index contributed by atoms with van der Waals surface area (Å²) in [6, 6.07) is 11.7. The van der Waals surface area contributed by atoms with E-state index >= 15 is 0 Å². The van der Waals surface area contributed by atoms with Gasteiger partial charge in [0.25, 0.3) is 5.78 Å². The highest BCUT2D eigenvalue weighted by molar-refractivity contribution is 7.15. The summed E-state index contributed by atoms with van der Waals surface area (Å²) in [5.74, 6) is -0.773. The van der Waals surface area contributed by atoms with Gasteiger partial charge in [-0.05, 0) is 42.7 Å². The van der Waals surface area contributed by atoms with Gasteiger partial charge >= 0.3 is 5.91 Å². The van der Waals surface area contributed by atoms with Crippen LogP contribution in [0.5, 0.6) is 11.5 Å². The first-order valence-corrected chi connectivity index (χ1v) is 11.4. The van der Waals surface area contributed by atoms with Crippen molar-refractivity contribution in [3.8, 4) is 11.5 Å². The van der Waals surface area contributed by atoms with Crippen LogP contribution in [-0.2, 0) is 16.0 Å². The van der Waals surface area contributed by atoms with Crippen molar-refractivity contribution in [1.82, 2.24) is 10.2 Å². The number of fused-ring (bicyclic) bond motifs is 1. The Morgan fingerprint density at radius 2 is 1.82 bits per heavy atom. The number of anilines is 1. The van der Waals surface area contributed by atoms with Crippen LogP contribution in [0.4, 0.5) is 5.13 Å². The first-order chi connectivity index (χ1) is 16.0. The molecule has 2 aliphatic heterocycles. The molecular formula is C24H21N3O5S. The van der Waals surface area contributed by atoms with E-state index in [1.807, 2.05) is 31.2 Å². The molecule has 1 saturated heterocycles. The Kier molecular flexibility index (Phi) is 5.33. The summed E-state index contributed by atoms with van der Waals surface area (Å²) in [5.41, 5.74) is 2.17. The minimum atomic E-state index is -0.837. The molecular weight excluding hydrogens is 442 g/mol. The molecule has 33 heavy (non-hydrogen) atoms. The fourth-order valence-corrected chi connectivity index (χ4v) is 4.72. The zero-order chi connectivity index (χ0) is 23.1. The van der Waals surface area contributed by atoms with Gasteiger partial charge < -0.3 is 14.6 Å². The fraction of sp³-hybridized carbons (Fsp3) is 0.250. The molecule has 1 N–H and O–H groups in total. The smallest absolute Gasteiger partial charge is 0.301 e. The monoisotopic (exact) mass is 463 g/mol. The summed E-state index contributed by atoms with van der Waals surface area (Å²) in [6.07, 6.45) is 0.854. The second-order valence-corrected chi connectivity index (χ2v) is 8.89. The average Bonchev–Trinajstić information content (AvgIpc) is 3.38. The van der Waals surface area contributed by atoms with Crippen LogP contribution in [0.25, 0.3) is 5.76 Å². The molecule has 0 saturated carbocycles. The number of rotatable bonds is 4. The van der Waals surface area contributed by atoms with Crippen molar-refractivity contribution in [2.75, 3.05) is 18.1 Å². The Morgan fingerprint density at radius 3 is 2.48 bits per heavy atom. The third-order valence-corrected chi connectivity index (χ3v) is 6.52. The second kappa shape index (κ2) is 8.32. The Hall–Kier alpha value is -3.72. The van der Waals surface area contributed by atoms with E-state index < -0.39 is 17.7 Å². The van der Waals surface area contributed by atoms with Gasteiger partial charge in [-0.25, -0.2) is 0 Å². The number of ketones is 1. The molecule has 9 heteroatoms. The number of nitrogens with zero attached hydrogens (tertiary/aromatic N) is 3. The molecule has 168 valence electrons. The van der Waals surface area contributed by atoms with E-state index in [4.69, 9.17) is 9.47 Å². The Morgan fingerprint density at radius 1 is 1.09 bits per heavy atom. The third kappa shape index (κ3) is 3.64. The Balaban J connectivity index is 1.67. The van der Waals surface area contributed by atoms with Gasteiger partial charge in [0.05, 0.1) is 11.6 Å². The Labute approximate surface area is 194 Å². The lowest BCUT2D eigenvalue weighted by molar-refractivity contribution is -0.132. The van der Waals surface area contributed by atoms with Gasteiger partial charge in [-0.3, -0.25) is 14.5 Å². The zero-order valence-electron chi connectivity index (χ0n) is 18.1. The summed E-state index contributed by atoms with van der Waals surface area (Å²) >= 11 is 1.21. The number of hydrogen-bond acceptors (Lipinski definition) is 8. The first kappa shape index (κ1) is 21.1. The standard InChI is InChI=1S/C24H21N3O5S/c1-3-14-4-6-15(7-5-14)20-19(22(29)23(30)27(20)24-26-25-13(2)33-24)21(28)16-8-9-17-18(12-16)32-11-10-31-17/h4-9,12,20,28H,3,10-11H2,1-2H3/b21-19+/t20-/m1/s1. The molecule has 2 aliphatic rings. The van der Waals surface area contributed by atoms with Crippen LogP contribution < -0.4 is 14.4 Å². The van der Waals surface area contributed by atoms with Crippen molar-refractivity contribution in [3.63, 3.8) is 0 Å². The molecule has 0 radical (unpaired) electrons. The minimum Gasteiger partial charge on any atom is -0.507 e. The molecule has 5 rings (SSSR count). The van der Waals surface area contributed by atoms with E-state index in [0.29, 0.717) is 46.0 Å². The lowest BCUT2D eigenvalue weighted by atomic mass is 9.94. The molecule has 0 bridgehead atoms. The number of ether oxygens (including phenoxy) is 2. The summed E-state index contributed by atoms with van der Waals surface area (Å²) in [5, 5.41) is 20.3. The number of Topliss-reactive ketones (excluding diaryl/α,β-unsaturated/α-hetero) is 1. The maximum absolute atomic E-state index is 13.2. The topological polar surface area (TPSA) is 102 Å². The van der Waals surface area contributed by atoms with E-state index in [1.165, 1.54) is 16.2 Å². The summed E-state index contributed by atoms with van der Waals surface area (Å²) < 4.78 is 11.2. The van der Waals surface area contributed by atoms with Crippen molar-refractivity contribution in [3.05, 3.63) is 69.7 Å². The lowest BCUT2D eigenvalue weighted by Crippen LogP contribution is -2.29. The van der Waals surface area contributed by atoms with Crippen LogP contribution in [0.15, 0.2) is 48.0 Å². The number of carbonyl (C=O) groups is 2. The van der Waals surface area contributed by atoms with Gasteiger partial charge in [-0.15, -0.1) is 10.2 Å². The fourth-order valence-electron chi connectivity index (χ4n) is 4.01. The number of hydrogen-bond donors (Lipinski definition) is 1. The van der Waals surface area contributed by atoms with Crippen molar-refractivity contribution in [2.24, 2.45) is 0 Å². The van der Waals surface area contributed by atoms with Crippen molar-refractivity contribution >= 4 is 33.9 Å². The number of aryl methyl sites for hydroxylation is 2. The molecule has 3 aromatic rings. The highest BCUT2D eigenvalue weighted by Crippen LogP contribution is 2.43. The van der Waals surface area contributed by atoms with Gasteiger partial charge in [0.2, 0.25) is 5.13 Å². The van der Waals surface area contributed by atoms with Gasteiger partial charge in [-0.2, -0.15) is 0 Å². The summed E-state index contributed by atoms with van der Waals surface area (Å²) in [6.45, 7) is 4.66. The highest BCUT2D eigenvalue weighted by atomic mass is 32.1. The number of aromatic nitrogens is 2. The van der Waals surface area contributed by atoms with E-state index in [9.17, 15) is 14.7 Å². The third-order valence-electron chi connectivity index (χ3n) is 5.69. The van der Waals surface area contributed by atoms with Gasteiger partial charge in [0.15, 0.2) is 11.5 Å². The van der Waals surface area contributed by atoms with Crippen LogP contribution in [0.1, 0.15) is 34.7 Å². The lowest BCUT2D eigenvalue weighted by Gasteiger charge is -2.23. The molecule has 1 amide bonds. The van der Waals surface area contributed by atoms with E-state index in [1.54, 1.807) is 25.1 Å².